The summed E-state index contributed by atoms with van der Waals surface area (Å²) in [5.41, 5.74) is 1.19. The predicted octanol–water partition coefficient (Wildman–Crippen LogP) is 3.14. The van der Waals surface area contributed by atoms with Crippen molar-refractivity contribution in [2.24, 2.45) is 0 Å². The van der Waals surface area contributed by atoms with Crippen molar-refractivity contribution in [2.45, 2.75) is 38.8 Å². The standard InChI is InChI=1S/C20H23FN2O2/c1-14(2)22-20(25)19(16-9-4-3-5-10-16)23-18(24)13-12-15-8-6-7-11-17(15)21/h3-11,14,19H,12-13H2,1-2H3,(H,22,25)(H,23,24). The summed E-state index contributed by atoms with van der Waals surface area (Å²) in [5, 5.41) is 5.57. The van der Waals surface area contributed by atoms with Crippen LogP contribution in [0.4, 0.5) is 4.39 Å². The second-order valence-electron chi connectivity index (χ2n) is 6.17. The smallest absolute Gasteiger partial charge is 0.247 e. The van der Waals surface area contributed by atoms with E-state index < -0.39 is 6.04 Å². The molecule has 0 bridgehead atoms. The fourth-order valence-electron chi connectivity index (χ4n) is 2.50. The van der Waals surface area contributed by atoms with E-state index in [9.17, 15) is 14.0 Å². The summed E-state index contributed by atoms with van der Waals surface area (Å²) in [5.74, 6) is -0.885. The third-order valence-corrected chi connectivity index (χ3v) is 3.71. The summed E-state index contributed by atoms with van der Waals surface area (Å²) in [6.45, 7) is 3.72. The van der Waals surface area contributed by atoms with E-state index in [1.165, 1.54) is 6.07 Å². The quantitative estimate of drug-likeness (QED) is 0.812. The second kappa shape index (κ2) is 8.97. The molecule has 2 N–H and O–H groups in total. The average Bonchev–Trinajstić information content (AvgIpc) is 2.59. The van der Waals surface area contributed by atoms with E-state index in [0.29, 0.717) is 11.1 Å². The molecular formula is C20H23FN2O2. The lowest BCUT2D eigenvalue weighted by Gasteiger charge is -2.20. The van der Waals surface area contributed by atoms with Gasteiger partial charge in [0.1, 0.15) is 11.9 Å². The number of nitrogens with one attached hydrogen (secondary N) is 2. The van der Waals surface area contributed by atoms with Crippen LogP contribution in [0.3, 0.4) is 0 Å². The summed E-state index contributed by atoms with van der Waals surface area (Å²) in [7, 11) is 0. The van der Waals surface area contributed by atoms with Gasteiger partial charge in [-0.05, 0) is 37.5 Å². The Morgan fingerprint density at radius 2 is 1.60 bits per heavy atom. The molecule has 132 valence electrons. The van der Waals surface area contributed by atoms with Crippen LogP contribution in [0.2, 0.25) is 0 Å². The Labute approximate surface area is 147 Å². The van der Waals surface area contributed by atoms with E-state index in [4.69, 9.17) is 0 Å². The largest absolute Gasteiger partial charge is 0.352 e. The second-order valence-corrected chi connectivity index (χ2v) is 6.17. The molecule has 0 aliphatic rings. The van der Waals surface area contributed by atoms with Crippen LogP contribution in [-0.2, 0) is 16.0 Å². The highest BCUT2D eigenvalue weighted by molar-refractivity contribution is 5.88. The molecule has 2 aromatic carbocycles. The molecule has 2 amide bonds. The van der Waals surface area contributed by atoms with Crippen LogP contribution in [0.25, 0.3) is 0 Å². The number of carbonyl (C=O) groups excluding carboxylic acids is 2. The fourth-order valence-corrected chi connectivity index (χ4v) is 2.50. The van der Waals surface area contributed by atoms with Crippen LogP contribution in [0, 0.1) is 5.82 Å². The molecule has 0 spiro atoms. The van der Waals surface area contributed by atoms with Gasteiger partial charge in [0.2, 0.25) is 11.8 Å². The Kier molecular flexibility index (Phi) is 6.69. The maximum atomic E-state index is 13.6. The zero-order valence-corrected chi connectivity index (χ0v) is 14.5. The number of hydrogen-bond donors (Lipinski definition) is 2. The molecule has 0 aliphatic heterocycles. The van der Waals surface area contributed by atoms with E-state index in [1.54, 1.807) is 30.3 Å². The molecule has 0 aliphatic carbocycles. The molecular weight excluding hydrogens is 319 g/mol. The third kappa shape index (κ3) is 5.71. The van der Waals surface area contributed by atoms with Crippen LogP contribution in [-0.4, -0.2) is 17.9 Å². The fraction of sp³-hybridized carbons (Fsp3) is 0.300. The first-order chi connectivity index (χ1) is 12.0. The zero-order chi connectivity index (χ0) is 18.2. The van der Waals surface area contributed by atoms with E-state index in [2.05, 4.69) is 10.6 Å². The molecule has 0 fully saturated rings. The van der Waals surface area contributed by atoms with Gasteiger partial charge in [-0.3, -0.25) is 9.59 Å². The first-order valence-corrected chi connectivity index (χ1v) is 8.35. The lowest BCUT2D eigenvalue weighted by Crippen LogP contribution is -2.42. The minimum absolute atomic E-state index is 0.0333. The number of amides is 2. The van der Waals surface area contributed by atoms with Gasteiger partial charge in [-0.25, -0.2) is 4.39 Å². The molecule has 0 saturated carbocycles. The molecule has 1 atom stereocenters. The molecule has 25 heavy (non-hydrogen) atoms. The van der Waals surface area contributed by atoms with E-state index in [1.807, 2.05) is 32.0 Å². The van der Waals surface area contributed by atoms with Crippen LogP contribution >= 0.6 is 0 Å². The highest BCUT2D eigenvalue weighted by atomic mass is 19.1. The average molecular weight is 342 g/mol. The summed E-state index contributed by atoms with van der Waals surface area (Å²) in [4.78, 5) is 24.7. The molecule has 2 rings (SSSR count). The minimum atomic E-state index is -0.767. The number of rotatable bonds is 7. The topological polar surface area (TPSA) is 58.2 Å². The summed E-state index contributed by atoms with van der Waals surface area (Å²) in [6.07, 6.45) is 0.394. The monoisotopic (exact) mass is 342 g/mol. The van der Waals surface area contributed by atoms with Crippen LogP contribution in [0.15, 0.2) is 54.6 Å². The first-order valence-electron chi connectivity index (χ1n) is 8.35. The molecule has 2 aromatic rings. The van der Waals surface area contributed by atoms with Gasteiger partial charge >= 0.3 is 0 Å². The first kappa shape index (κ1) is 18.6. The van der Waals surface area contributed by atoms with Gasteiger partial charge in [0.05, 0.1) is 0 Å². The van der Waals surface area contributed by atoms with Crippen molar-refractivity contribution in [3.63, 3.8) is 0 Å². The van der Waals surface area contributed by atoms with Crippen molar-refractivity contribution in [2.75, 3.05) is 0 Å². The number of hydrogen-bond acceptors (Lipinski definition) is 2. The van der Waals surface area contributed by atoms with Crippen LogP contribution in [0.1, 0.15) is 37.4 Å². The Morgan fingerprint density at radius 1 is 0.960 bits per heavy atom. The van der Waals surface area contributed by atoms with Crippen molar-refractivity contribution in [3.8, 4) is 0 Å². The highest BCUT2D eigenvalue weighted by Crippen LogP contribution is 2.14. The number of carbonyl (C=O) groups is 2. The molecule has 0 saturated heterocycles. The summed E-state index contributed by atoms with van der Waals surface area (Å²) in [6, 6.07) is 14.6. The van der Waals surface area contributed by atoms with E-state index >= 15 is 0 Å². The van der Waals surface area contributed by atoms with E-state index in [-0.39, 0.29) is 36.5 Å². The van der Waals surface area contributed by atoms with Gasteiger partial charge in [-0.1, -0.05) is 48.5 Å². The van der Waals surface area contributed by atoms with Crippen molar-refractivity contribution in [3.05, 3.63) is 71.5 Å². The van der Waals surface area contributed by atoms with Crippen molar-refractivity contribution in [1.29, 1.82) is 0 Å². The maximum absolute atomic E-state index is 13.6. The lowest BCUT2D eigenvalue weighted by molar-refractivity contribution is -0.129. The van der Waals surface area contributed by atoms with Gasteiger partial charge in [0.25, 0.3) is 0 Å². The van der Waals surface area contributed by atoms with Gasteiger partial charge in [-0.15, -0.1) is 0 Å². The van der Waals surface area contributed by atoms with E-state index in [0.717, 1.165) is 0 Å². The SMILES string of the molecule is CC(C)NC(=O)C(NC(=O)CCc1ccccc1F)c1ccccc1. The van der Waals surface area contributed by atoms with Gasteiger partial charge in [0.15, 0.2) is 0 Å². The van der Waals surface area contributed by atoms with Crippen molar-refractivity contribution in [1.82, 2.24) is 10.6 Å². The molecule has 1 unspecified atom stereocenters. The molecule has 0 aromatic heterocycles. The van der Waals surface area contributed by atoms with Gasteiger partial charge in [0, 0.05) is 12.5 Å². The van der Waals surface area contributed by atoms with Gasteiger partial charge in [-0.2, -0.15) is 0 Å². The summed E-state index contributed by atoms with van der Waals surface area (Å²) >= 11 is 0. The molecule has 4 nitrogen and oxygen atoms in total. The Bertz CT molecular complexity index is 717. The molecule has 0 heterocycles. The highest BCUT2D eigenvalue weighted by Gasteiger charge is 2.23. The van der Waals surface area contributed by atoms with Gasteiger partial charge < -0.3 is 10.6 Å². The number of halogens is 1. The predicted molar refractivity (Wildman–Crippen MR) is 95.3 cm³/mol. The minimum Gasteiger partial charge on any atom is -0.352 e. The number of aryl methyl sites for hydroxylation is 1. The van der Waals surface area contributed by atoms with Crippen LogP contribution < -0.4 is 10.6 Å². The number of benzene rings is 2. The van der Waals surface area contributed by atoms with Crippen molar-refractivity contribution >= 4 is 11.8 Å². The summed E-state index contributed by atoms with van der Waals surface area (Å²) < 4.78 is 13.6. The Hall–Kier alpha value is -2.69. The normalized spacial score (nSPS) is 11.8. The zero-order valence-electron chi connectivity index (χ0n) is 14.5. The van der Waals surface area contributed by atoms with Crippen molar-refractivity contribution < 1.29 is 14.0 Å². The Balaban J connectivity index is 2.04. The maximum Gasteiger partial charge on any atom is 0.247 e. The molecule has 0 radical (unpaired) electrons. The lowest BCUT2D eigenvalue weighted by atomic mass is 10.0. The molecule has 5 heteroatoms. The third-order valence-electron chi connectivity index (χ3n) is 3.71. The Morgan fingerprint density at radius 3 is 2.24 bits per heavy atom. The van der Waals surface area contributed by atoms with Crippen LogP contribution in [0.5, 0.6) is 0 Å².